The number of carbonyl (C=O) groups excluding carboxylic acids is 2. The normalized spacial score (nSPS) is 17.0. The lowest BCUT2D eigenvalue weighted by atomic mass is 9.89. The average Bonchev–Trinajstić information content (AvgIpc) is 3.68. The monoisotopic (exact) mass is 449 g/mol. The molecule has 0 unspecified atom stereocenters. The molecular weight excluding hydrogens is 418 g/mol. The van der Waals surface area contributed by atoms with Crippen LogP contribution < -0.4 is 5.32 Å². The predicted molar refractivity (Wildman–Crippen MR) is 127 cm³/mol. The summed E-state index contributed by atoms with van der Waals surface area (Å²) in [4.78, 5) is 37.2. The van der Waals surface area contributed by atoms with E-state index in [-0.39, 0.29) is 23.3 Å². The Morgan fingerprint density at radius 2 is 1.76 bits per heavy atom. The molecule has 174 valence electrons. The largest absolute Gasteiger partial charge is 0.326 e. The number of nitrogens with one attached hydrogen (secondary N) is 1. The Balaban J connectivity index is 1.17. The number of hydrogen-bond donors (Lipinski definition) is 1. The quantitative estimate of drug-likeness (QED) is 0.234. The lowest BCUT2D eigenvalue weighted by molar-refractivity contribution is -0.384. The average molecular weight is 450 g/mol. The van der Waals surface area contributed by atoms with Crippen molar-refractivity contribution in [2.45, 2.75) is 50.9 Å². The standard InChI is InChI=1S/C26H31N3O4/c30-25(22-6-4-8-24(18-22)29(32)33)9-1-2-14-28-15-12-19(13-16-28)21-5-3-7-23(17-21)27-26(31)20-10-11-20/h3-8,17-20H,1-2,9-16H2,(H,27,31). The van der Waals surface area contributed by atoms with Crippen LogP contribution in [-0.4, -0.2) is 41.1 Å². The summed E-state index contributed by atoms with van der Waals surface area (Å²) in [6.07, 6.45) is 6.33. The van der Waals surface area contributed by atoms with Crippen molar-refractivity contribution in [3.63, 3.8) is 0 Å². The van der Waals surface area contributed by atoms with E-state index in [2.05, 4.69) is 22.3 Å². The van der Waals surface area contributed by atoms with Crippen LogP contribution in [0.15, 0.2) is 48.5 Å². The molecule has 1 saturated carbocycles. The number of hydrogen-bond acceptors (Lipinski definition) is 5. The molecule has 0 bridgehead atoms. The second-order valence-corrected chi connectivity index (χ2v) is 9.19. The third-order valence-corrected chi connectivity index (χ3v) is 6.67. The van der Waals surface area contributed by atoms with E-state index in [1.807, 2.05) is 12.1 Å². The van der Waals surface area contributed by atoms with E-state index in [1.54, 1.807) is 12.1 Å². The predicted octanol–water partition coefficient (Wildman–Crippen LogP) is 5.18. The van der Waals surface area contributed by atoms with Crippen LogP contribution in [0.25, 0.3) is 0 Å². The Hall–Kier alpha value is -3.06. The number of Topliss-reactive ketones (excluding diaryl/α,β-unsaturated/α-hetero) is 1. The van der Waals surface area contributed by atoms with Crippen molar-refractivity contribution in [2.75, 3.05) is 25.0 Å². The highest BCUT2D eigenvalue weighted by Gasteiger charge is 2.29. The lowest BCUT2D eigenvalue weighted by Gasteiger charge is -2.32. The smallest absolute Gasteiger partial charge is 0.270 e. The molecule has 1 aliphatic carbocycles. The molecule has 4 rings (SSSR count). The first-order valence-corrected chi connectivity index (χ1v) is 11.9. The van der Waals surface area contributed by atoms with Crippen molar-refractivity contribution in [3.8, 4) is 0 Å². The van der Waals surface area contributed by atoms with E-state index >= 15 is 0 Å². The number of amides is 1. The molecule has 0 atom stereocenters. The van der Waals surface area contributed by atoms with Gasteiger partial charge in [0.25, 0.3) is 5.69 Å². The van der Waals surface area contributed by atoms with Gasteiger partial charge < -0.3 is 10.2 Å². The van der Waals surface area contributed by atoms with Crippen LogP contribution in [0.5, 0.6) is 0 Å². The van der Waals surface area contributed by atoms with Gasteiger partial charge in [0, 0.05) is 35.7 Å². The number of ketones is 1. The zero-order chi connectivity index (χ0) is 23.2. The number of piperidine rings is 1. The second-order valence-electron chi connectivity index (χ2n) is 9.19. The van der Waals surface area contributed by atoms with E-state index < -0.39 is 4.92 Å². The van der Waals surface area contributed by atoms with Crippen molar-refractivity contribution in [1.82, 2.24) is 4.90 Å². The number of nitro groups is 1. The van der Waals surface area contributed by atoms with Crippen LogP contribution in [0.1, 0.15) is 66.8 Å². The molecule has 2 aromatic carbocycles. The van der Waals surface area contributed by atoms with Gasteiger partial charge in [0.1, 0.15) is 0 Å². The molecule has 0 spiro atoms. The Bertz CT molecular complexity index is 1010. The first-order valence-electron chi connectivity index (χ1n) is 11.9. The Labute approximate surface area is 194 Å². The Kier molecular flexibility index (Phi) is 7.50. The molecule has 33 heavy (non-hydrogen) atoms. The van der Waals surface area contributed by atoms with Crippen molar-refractivity contribution in [3.05, 3.63) is 69.8 Å². The van der Waals surface area contributed by atoms with Gasteiger partial charge in [-0.05, 0) is 81.8 Å². The molecular formula is C26H31N3O4. The minimum absolute atomic E-state index is 0.0360. The highest BCUT2D eigenvalue weighted by Crippen LogP contribution is 2.32. The fraction of sp³-hybridized carbons (Fsp3) is 0.462. The fourth-order valence-electron chi connectivity index (χ4n) is 4.51. The van der Waals surface area contributed by atoms with Gasteiger partial charge in [-0.2, -0.15) is 0 Å². The molecule has 7 nitrogen and oxygen atoms in total. The molecule has 0 aromatic heterocycles. The van der Waals surface area contributed by atoms with E-state index in [1.165, 1.54) is 17.7 Å². The minimum atomic E-state index is -0.471. The van der Waals surface area contributed by atoms with Gasteiger partial charge >= 0.3 is 0 Å². The molecule has 7 heteroatoms. The summed E-state index contributed by atoms with van der Waals surface area (Å²) in [5, 5.41) is 13.9. The van der Waals surface area contributed by atoms with Crippen LogP contribution in [0.3, 0.4) is 0 Å². The van der Waals surface area contributed by atoms with Gasteiger partial charge in [0.05, 0.1) is 4.92 Å². The number of nitro benzene ring substituents is 1. The van der Waals surface area contributed by atoms with Crippen LogP contribution in [0.2, 0.25) is 0 Å². The van der Waals surface area contributed by atoms with Gasteiger partial charge in [-0.15, -0.1) is 0 Å². The van der Waals surface area contributed by atoms with Gasteiger partial charge in [-0.3, -0.25) is 19.7 Å². The third kappa shape index (κ3) is 6.48. The summed E-state index contributed by atoms with van der Waals surface area (Å²) in [6.45, 7) is 3.02. The van der Waals surface area contributed by atoms with Gasteiger partial charge in [0.2, 0.25) is 5.91 Å². The summed E-state index contributed by atoms with van der Waals surface area (Å²) in [7, 11) is 0. The topological polar surface area (TPSA) is 92.6 Å². The number of anilines is 1. The van der Waals surface area contributed by atoms with Crippen LogP contribution in [-0.2, 0) is 4.79 Å². The van der Waals surface area contributed by atoms with Crippen LogP contribution in [0, 0.1) is 16.0 Å². The first-order chi connectivity index (χ1) is 16.0. The first kappa shape index (κ1) is 23.1. The second kappa shape index (κ2) is 10.7. The zero-order valence-electron chi connectivity index (χ0n) is 18.9. The fourth-order valence-corrected chi connectivity index (χ4v) is 4.51. The van der Waals surface area contributed by atoms with Gasteiger partial charge in [0.15, 0.2) is 5.78 Å². The Morgan fingerprint density at radius 1 is 1.00 bits per heavy atom. The summed E-state index contributed by atoms with van der Waals surface area (Å²) < 4.78 is 0. The maximum absolute atomic E-state index is 12.3. The number of unbranched alkanes of at least 4 members (excludes halogenated alkanes) is 1. The highest BCUT2D eigenvalue weighted by molar-refractivity contribution is 5.96. The number of benzene rings is 2. The third-order valence-electron chi connectivity index (χ3n) is 6.67. The minimum Gasteiger partial charge on any atom is -0.326 e. The van der Waals surface area contributed by atoms with E-state index in [4.69, 9.17) is 0 Å². The van der Waals surface area contributed by atoms with E-state index in [0.29, 0.717) is 17.9 Å². The zero-order valence-corrected chi connectivity index (χ0v) is 18.9. The highest BCUT2D eigenvalue weighted by atomic mass is 16.6. The molecule has 1 amide bonds. The summed E-state index contributed by atoms with van der Waals surface area (Å²) in [5.41, 5.74) is 2.58. The molecule has 1 heterocycles. The molecule has 2 aliphatic rings. The summed E-state index contributed by atoms with van der Waals surface area (Å²) in [6, 6.07) is 14.3. The molecule has 1 aliphatic heterocycles. The molecule has 1 saturated heterocycles. The molecule has 2 aromatic rings. The lowest BCUT2D eigenvalue weighted by Crippen LogP contribution is -2.33. The van der Waals surface area contributed by atoms with Crippen molar-refractivity contribution in [1.29, 1.82) is 0 Å². The number of non-ortho nitro benzene ring substituents is 1. The van der Waals surface area contributed by atoms with Crippen molar-refractivity contribution in [2.24, 2.45) is 5.92 Å². The van der Waals surface area contributed by atoms with Crippen LogP contribution >= 0.6 is 0 Å². The molecule has 0 radical (unpaired) electrons. The van der Waals surface area contributed by atoms with Gasteiger partial charge in [-0.25, -0.2) is 0 Å². The molecule has 1 N–H and O–H groups in total. The van der Waals surface area contributed by atoms with Crippen molar-refractivity contribution >= 4 is 23.1 Å². The van der Waals surface area contributed by atoms with Crippen molar-refractivity contribution < 1.29 is 14.5 Å². The number of rotatable bonds is 10. The maximum Gasteiger partial charge on any atom is 0.270 e. The van der Waals surface area contributed by atoms with E-state index in [9.17, 15) is 19.7 Å². The Morgan fingerprint density at radius 3 is 2.48 bits per heavy atom. The summed E-state index contributed by atoms with van der Waals surface area (Å²) in [5.74, 6) is 0.824. The van der Waals surface area contributed by atoms with Gasteiger partial charge in [-0.1, -0.05) is 24.3 Å². The molecule has 2 fully saturated rings. The van der Waals surface area contributed by atoms with E-state index in [0.717, 1.165) is 63.8 Å². The number of carbonyl (C=O) groups is 2. The summed E-state index contributed by atoms with van der Waals surface area (Å²) >= 11 is 0. The maximum atomic E-state index is 12.3. The van der Waals surface area contributed by atoms with Crippen LogP contribution in [0.4, 0.5) is 11.4 Å². The number of nitrogens with zero attached hydrogens (tertiary/aromatic N) is 2. The SMILES string of the molecule is O=C(CCCCN1CCC(c2cccc(NC(=O)C3CC3)c2)CC1)c1cccc([N+](=O)[O-])c1. The number of likely N-dealkylation sites (tertiary alicyclic amines) is 1.